The summed E-state index contributed by atoms with van der Waals surface area (Å²) >= 11 is 0. The van der Waals surface area contributed by atoms with Gasteiger partial charge in [-0.15, -0.1) is 0 Å². The van der Waals surface area contributed by atoms with Gasteiger partial charge in [0.25, 0.3) is 0 Å². The third kappa shape index (κ3) is 1.94. The van der Waals surface area contributed by atoms with Crippen LogP contribution in [0.1, 0.15) is 6.92 Å². The number of piperazine rings is 1. The zero-order valence-electron chi connectivity index (χ0n) is 6.80. The van der Waals surface area contributed by atoms with E-state index in [1.807, 2.05) is 0 Å². The molecule has 3 N–H and O–H groups in total. The van der Waals surface area contributed by atoms with E-state index < -0.39 is 0 Å². The van der Waals surface area contributed by atoms with Gasteiger partial charge in [-0.05, 0) is 14.0 Å². The molecule has 1 aliphatic rings. The summed E-state index contributed by atoms with van der Waals surface area (Å²) in [5, 5.41) is 3.38. The van der Waals surface area contributed by atoms with Crippen LogP contribution >= 0.6 is 0 Å². The summed E-state index contributed by atoms with van der Waals surface area (Å²) in [5.41, 5.74) is 5.74. The summed E-state index contributed by atoms with van der Waals surface area (Å²) in [6.07, 6.45) is 0. The van der Waals surface area contributed by atoms with Crippen LogP contribution in [0.2, 0.25) is 0 Å². The van der Waals surface area contributed by atoms with Gasteiger partial charge in [-0.25, -0.2) is 0 Å². The van der Waals surface area contributed by atoms with Crippen molar-refractivity contribution >= 4 is 0 Å². The maximum absolute atomic E-state index is 5.74. The molecule has 2 atom stereocenters. The molecule has 1 rings (SSSR count). The molecule has 0 amide bonds. The minimum atomic E-state index is 0.266. The average molecular weight is 143 g/mol. The van der Waals surface area contributed by atoms with E-state index in [2.05, 4.69) is 24.2 Å². The summed E-state index contributed by atoms with van der Waals surface area (Å²) in [5.74, 6) is 0. The number of nitrogens with one attached hydrogen (secondary N) is 1. The van der Waals surface area contributed by atoms with Gasteiger partial charge in [0, 0.05) is 31.7 Å². The van der Waals surface area contributed by atoms with Gasteiger partial charge in [-0.3, -0.25) is 0 Å². The second-order valence-electron chi connectivity index (χ2n) is 3.18. The second-order valence-corrected chi connectivity index (χ2v) is 3.18. The molecule has 2 unspecified atom stereocenters. The number of hydrogen-bond donors (Lipinski definition) is 2. The highest BCUT2D eigenvalue weighted by atomic mass is 15.2. The van der Waals surface area contributed by atoms with E-state index in [1.165, 1.54) is 0 Å². The highest BCUT2D eigenvalue weighted by Crippen LogP contribution is 1.97. The van der Waals surface area contributed by atoms with Crippen molar-refractivity contribution in [3.63, 3.8) is 0 Å². The maximum atomic E-state index is 5.74. The normalized spacial score (nSPS) is 32.1. The van der Waals surface area contributed by atoms with Gasteiger partial charge in [0.1, 0.15) is 0 Å². The fourth-order valence-corrected chi connectivity index (χ4v) is 1.28. The highest BCUT2D eigenvalue weighted by molar-refractivity contribution is 4.82. The zero-order valence-corrected chi connectivity index (χ0v) is 6.80. The molecule has 1 saturated heterocycles. The highest BCUT2D eigenvalue weighted by Gasteiger charge is 2.18. The molecule has 0 aromatic rings. The molecule has 10 heavy (non-hydrogen) atoms. The van der Waals surface area contributed by atoms with Crippen LogP contribution in [0.15, 0.2) is 0 Å². The molecule has 0 spiro atoms. The van der Waals surface area contributed by atoms with Crippen LogP contribution in [0.3, 0.4) is 0 Å². The minimum Gasteiger partial charge on any atom is -0.326 e. The molecule has 0 aliphatic carbocycles. The van der Waals surface area contributed by atoms with E-state index in [9.17, 15) is 0 Å². The smallest absolute Gasteiger partial charge is 0.0344 e. The zero-order chi connectivity index (χ0) is 7.56. The second kappa shape index (κ2) is 3.32. The summed E-state index contributed by atoms with van der Waals surface area (Å²) < 4.78 is 0. The lowest BCUT2D eigenvalue weighted by atomic mass is 10.1. The Kier molecular flexibility index (Phi) is 2.65. The molecule has 1 heterocycles. The Hall–Kier alpha value is -0.120. The monoisotopic (exact) mass is 143 g/mol. The van der Waals surface area contributed by atoms with Gasteiger partial charge in [-0.1, -0.05) is 0 Å². The number of hydrogen-bond acceptors (Lipinski definition) is 3. The fourth-order valence-electron chi connectivity index (χ4n) is 1.28. The summed E-state index contributed by atoms with van der Waals surface area (Å²) in [6, 6.07) is 0.751. The lowest BCUT2D eigenvalue weighted by Crippen LogP contribution is -2.55. The molecule has 3 heteroatoms. The van der Waals surface area contributed by atoms with Gasteiger partial charge >= 0.3 is 0 Å². The summed E-state index contributed by atoms with van der Waals surface area (Å²) in [7, 11) is 2.14. The Morgan fingerprint density at radius 2 is 2.40 bits per heavy atom. The lowest BCUT2D eigenvalue weighted by Gasteiger charge is -2.32. The minimum absolute atomic E-state index is 0.266. The first-order chi connectivity index (χ1) is 4.70. The Bertz CT molecular complexity index is 103. The largest absolute Gasteiger partial charge is 0.326 e. The first-order valence-electron chi connectivity index (χ1n) is 3.87. The van der Waals surface area contributed by atoms with Crippen LogP contribution < -0.4 is 11.1 Å². The third-order valence-corrected chi connectivity index (χ3v) is 2.04. The van der Waals surface area contributed by atoms with E-state index in [1.54, 1.807) is 0 Å². The molecule has 0 aromatic carbocycles. The molecule has 1 fully saturated rings. The summed E-state index contributed by atoms with van der Waals surface area (Å²) in [6.45, 7) is 5.35. The molecule has 3 nitrogen and oxygen atoms in total. The maximum Gasteiger partial charge on any atom is 0.0344 e. The SMILES string of the molecule is CC(N)C1CN(C)CCN1. The number of rotatable bonds is 1. The van der Waals surface area contributed by atoms with Crippen LogP contribution in [-0.4, -0.2) is 43.7 Å². The van der Waals surface area contributed by atoms with Gasteiger partial charge in [0.2, 0.25) is 0 Å². The van der Waals surface area contributed by atoms with Crippen molar-refractivity contribution in [2.75, 3.05) is 26.7 Å². The van der Waals surface area contributed by atoms with Crippen molar-refractivity contribution in [3.8, 4) is 0 Å². The lowest BCUT2D eigenvalue weighted by molar-refractivity contribution is 0.223. The van der Waals surface area contributed by atoms with Gasteiger partial charge in [-0.2, -0.15) is 0 Å². The number of likely N-dealkylation sites (N-methyl/N-ethyl adjacent to an activating group) is 1. The van der Waals surface area contributed by atoms with Gasteiger partial charge in [0.05, 0.1) is 0 Å². The molecular formula is C7H17N3. The van der Waals surface area contributed by atoms with E-state index in [4.69, 9.17) is 5.73 Å². The van der Waals surface area contributed by atoms with Gasteiger partial charge < -0.3 is 16.0 Å². The molecule has 0 bridgehead atoms. The van der Waals surface area contributed by atoms with E-state index in [0.29, 0.717) is 6.04 Å². The molecule has 1 aliphatic heterocycles. The first kappa shape index (κ1) is 7.98. The van der Waals surface area contributed by atoms with Crippen molar-refractivity contribution in [1.29, 1.82) is 0 Å². The topological polar surface area (TPSA) is 41.3 Å². The number of nitrogens with zero attached hydrogens (tertiary/aromatic N) is 1. The van der Waals surface area contributed by atoms with Crippen LogP contribution in [-0.2, 0) is 0 Å². The predicted molar refractivity (Wildman–Crippen MR) is 42.9 cm³/mol. The van der Waals surface area contributed by atoms with Crippen LogP contribution in [0.5, 0.6) is 0 Å². The van der Waals surface area contributed by atoms with Crippen molar-refractivity contribution < 1.29 is 0 Å². The van der Waals surface area contributed by atoms with Crippen LogP contribution in [0.4, 0.5) is 0 Å². The standard InChI is InChI=1S/C7H17N3/c1-6(8)7-5-10(2)4-3-9-7/h6-7,9H,3-5,8H2,1-2H3. The number of nitrogens with two attached hydrogens (primary N) is 1. The van der Waals surface area contributed by atoms with Crippen molar-refractivity contribution in [2.24, 2.45) is 5.73 Å². The predicted octanol–water partition coefficient (Wildman–Crippen LogP) is -0.763. The fraction of sp³-hybridized carbons (Fsp3) is 1.00. The average Bonchev–Trinajstić information content (AvgIpc) is 1.88. The van der Waals surface area contributed by atoms with E-state index >= 15 is 0 Å². The Morgan fingerprint density at radius 3 is 2.80 bits per heavy atom. The molecule has 0 radical (unpaired) electrons. The van der Waals surface area contributed by atoms with Crippen molar-refractivity contribution in [2.45, 2.75) is 19.0 Å². The van der Waals surface area contributed by atoms with Crippen molar-refractivity contribution in [3.05, 3.63) is 0 Å². The van der Waals surface area contributed by atoms with Crippen molar-refractivity contribution in [1.82, 2.24) is 10.2 Å². The van der Waals surface area contributed by atoms with E-state index in [-0.39, 0.29) is 6.04 Å². The Morgan fingerprint density at radius 1 is 1.70 bits per heavy atom. The summed E-state index contributed by atoms with van der Waals surface area (Å²) in [4.78, 5) is 2.31. The van der Waals surface area contributed by atoms with Crippen LogP contribution in [0.25, 0.3) is 0 Å². The Labute approximate surface area is 62.6 Å². The molecule has 60 valence electrons. The Balaban J connectivity index is 2.32. The van der Waals surface area contributed by atoms with Gasteiger partial charge in [0.15, 0.2) is 0 Å². The quantitative estimate of drug-likeness (QED) is 0.507. The molecule has 0 saturated carbocycles. The first-order valence-corrected chi connectivity index (χ1v) is 3.87. The van der Waals surface area contributed by atoms with Crippen LogP contribution in [0, 0.1) is 0 Å². The van der Waals surface area contributed by atoms with E-state index in [0.717, 1.165) is 19.6 Å². The third-order valence-electron chi connectivity index (χ3n) is 2.04. The molecule has 0 aromatic heterocycles. The molecular weight excluding hydrogens is 126 g/mol.